The first kappa shape index (κ1) is 15.3. The van der Waals surface area contributed by atoms with E-state index in [0.717, 1.165) is 19.8 Å². The van der Waals surface area contributed by atoms with Gasteiger partial charge < -0.3 is 10.5 Å². The van der Waals surface area contributed by atoms with Crippen LogP contribution in [0.5, 0.6) is 0 Å². The van der Waals surface area contributed by atoms with Crippen molar-refractivity contribution in [1.29, 1.82) is 0 Å². The zero-order chi connectivity index (χ0) is 12.7. The third-order valence-electron chi connectivity index (χ3n) is 3.91. The first-order valence-electron chi connectivity index (χ1n) is 6.73. The van der Waals surface area contributed by atoms with Gasteiger partial charge in [0.25, 0.3) is 0 Å². The number of hydrogen-bond acceptors (Lipinski definition) is 4. The second kappa shape index (κ2) is 8.35. The van der Waals surface area contributed by atoms with Crippen LogP contribution < -0.4 is 5.73 Å². The van der Waals surface area contributed by atoms with Crippen LogP contribution in [-0.2, 0) is 4.74 Å². The van der Waals surface area contributed by atoms with Crippen LogP contribution in [0.1, 0.15) is 26.2 Å². The summed E-state index contributed by atoms with van der Waals surface area (Å²) >= 11 is 1.92. The Balaban J connectivity index is 2.57. The number of nitrogens with zero attached hydrogens (tertiary/aromatic N) is 1. The molecule has 3 nitrogen and oxygen atoms in total. The topological polar surface area (TPSA) is 38.5 Å². The molecule has 1 aliphatic rings. The largest absolute Gasteiger partial charge is 0.381 e. The van der Waals surface area contributed by atoms with E-state index < -0.39 is 0 Å². The lowest BCUT2D eigenvalue weighted by atomic mass is 9.92. The Bertz CT molecular complexity index is 198. The number of hydrogen-bond donors (Lipinski definition) is 1. The van der Waals surface area contributed by atoms with Crippen molar-refractivity contribution in [3.63, 3.8) is 0 Å². The maximum atomic E-state index is 5.99. The monoisotopic (exact) mass is 260 g/mol. The average molecular weight is 260 g/mol. The molecule has 102 valence electrons. The van der Waals surface area contributed by atoms with Crippen molar-refractivity contribution in [3.8, 4) is 0 Å². The molecule has 17 heavy (non-hydrogen) atoms. The lowest BCUT2D eigenvalue weighted by molar-refractivity contribution is 0.00924. The van der Waals surface area contributed by atoms with E-state index in [-0.39, 0.29) is 0 Å². The summed E-state index contributed by atoms with van der Waals surface area (Å²) in [6.07, 6.45) is 5.83. The first-order chi connectivity index (χ1) is 8.24. The summed E-state index contributed by atoms with van der Waals surface area (Å²) in [5.74, 6) is 1.81. The molecule has 1 saturated heterocycles. The van der Waals surface area contributed by atoms with Crippen LogP contribution >= 0.6 is 11.8 Å². The molecule has 4 heteroatoms. The molecule has 1 fully saturated rings. The SMILES string of the molecule is CCC(CSC)N(C)C(CN)C1CCCOC1. The van der Waals surface area contributed by atoms with E-state index in [1.165, 1.54) is 25.0 Å². The predicted molar refractivity (Wildman–Crippen MR) is 76.6 cm³/mol. The summed E-state index contributed by atoms with van der Waals surface area (Å²) in [5, 5.41) is 0. The molecule has 0 aromatic carbocycles. The van der Waals surface area contributed by atoms with E-state index in [9.17, 15) is 0 Å². The van der Waals surface area contributed by atoms with Gasteiger partial charge >= 0.3 is 0 Å². The molecule has 3 atom stereocenters. The van der Waals surface area contributed by atoms with Crippen molar-refractivity contribution in [2.75, 3.05) is 38.8 Å². The van der Waals surface area contributed by atoms with Gasteiger partial charge in [-0.2, -0.15) is 11.8 Å². The lowest BCUT2D eigenvalue weighted by Crippen LogP contribution is -2.51. The normalized spacial score (nSPS) is 24.9. The molecular formula is C13H28N2OS. The lowest BCUT2D eigenvalue weighted by Gasteiger charge is -2.39. The molecule has 0 amide bonds. The summed E-state index contributed by atoms with van der Waals surface area (Å²) in [7, 11) is 2.23. The fourth-order valence-corrected chi connectivity index (χ4v) is 3.60. The molecule has 1 rings (SSSR count). The van der Waals surface area contributed by atoms with Gasteiger partial charge in [-0.05, 0) is 38.5 Å². The maximum absolute atomic E-state index is 5.99. The Morgan fingerprint density at radius 3 is 2.76 bits per heavy atom. The molecule has 0 radical (unpaired) electrons. The highest BCUT2D eigenvalue weighted by molar-refractivity contribution is 7.98. The highest BCUT2D eigenvalue weighted by Crippen LogP contribution is 2.23. The first-order valence-corrected chi connectivity index (χ1v) is 8.12. The molecular weight excluding hydrogens is 232 g/mol. The summed E-state index contributed by atoms with van der Waals surface area (Å²) in [6.45, 7) is 4.83. The third-order valence-corrected chi connectivity index (χ3v) is 4.63. The van der Waals surface area contributed by atoms with Crippen LogP contribution in [0.2, 0.25) is 0 Å². The van der Waals surface area contributed by atoms with Gasteiger partial charge in [0.2, 0.25) is 0 Å². The minimum absolute atomic E-state index is 0.479. The van der Waals surface area contributed by atoms with Gasteiger partial charge in [0.05, 0.1) is 6.61 Å². The highest BCUT2D eigenvalue weighted by atomic mass is 32.2. The Hall–Kier alpha value is 0.230. The van der Waals surface area contributed by atoms with Crippen LogP contribution in [0.4, 0.5) is 0 Å². The maximum Gasteiger partial charge on any atom is 0.0509 e. The number of likely N-dealkylation sites (N-methyl/N-ethyl adjacent to an activating group) is 1. The van der Waals surface area contributed by atoms with Crippen molar-refractivity contribution in [2.24, 2.45) is 11.7 Å². The van der Waals surface area contributed by atoms with E-state index in [1.807, 2.05) is 11.8 Å². The molecule has 1 aliphatic heterocycles. The minimum atomic E-state index is 0.479. The van der Waals surface area contributed by atoms with Gasteiger partial charge in [-0.25, -0.2) is 0 Å². The van der Waals surface area contributed by atoms with Crippen molar-refractivity contribution in [3.05, 3.63) is 0 Å². The molecule has 0 bridgehead atoms. The highest BCUT2D eigenvalue weighted by Gasteiger charge is 2.29. The van der Waals surface area contributed by atoms with Crippen LogP contribution in [-0.4, -0.2) is 55.8 Å². The zero-order valence-electron chi connectivity index (χ0n) is 11.5. The average Bonchev–Trinajstić information content (AvgIpc) is 2.38. The van der Waals surface area contributed by atoms with E-state index in [2.05, 4.69) is 25.1 Å². The van der Waals surface area contributed by atoms with Crippen molar-refractivity contribution in [2.45, 2.75) is 38.3 Å². The van der Waals surface area contributed by atoms with Crippen molar-refractivity contribution < 1.29 is 4.74 Å². The summed E-state index contributed by atoms with van der Waals surface area (Å²) in [6, 6.07) is 1.12. The zero-order valence-corrected chi connectivity index (χ0v) is 12.3. The van der Waals surface area contributed by atoms with Gasteiger partial charge in [-0.15, -0.1) is 0 Å². The van der Waals surface area contributed by atoms with Crippen LogP contribution in [0.15, 0.2) is 0 Å². The second-order valence-corrected chi connectivity index (χ2v) is 5.87. The summed E-state index contributed by atoms with van der Waals surface area (Å²) < 4.78 is 5.60. The molecule has 0 saturated carbocycles. The Labute approximate surface area is 110 Å². The molecule has 0 aromatic rings. The molecule has 0 spiro atoms. The standard InChI is InChI=1S/C13H28N2OS/c1-4-12(10-17-3)15(2)13(8-14)11-6-5-7-16-9-11/h11-13H,4-10,14H2,1-3H3. The van der Waals surface area contributed by atoms with Gasteiger partial charge in [0, 0.05) is 31.0 Å². The third kappa shape index (κ3) is 4.43. The van der Waals surface area contributed by atoms with Gasteiger partial charge in [-0.3, -0.25) is 4.90 Å². The number of nitrogens with two attached hydrogens (primary N) is 1. The number of thioether (sulfide) groups is 1. The fourth-order valence-electron chi connectivity index (χ4n) is 2.75. The second-order valence-electron chi connectivity index (χ2n) is 4.96. The van der Waals surface area contributed by atoms with Gasteiger partial charge in [0.1, 0.15) is 0 Å². The van der Waals surface area contributed by atoms with Gasteiger partial charge in [0.15, 0.2) is 0 Å². The molecule has 2 N–H and O–H groups in total. The Kier molecular flexibility index (Phi) is 7.51. The van der Waals surface area contributed by atoms with Crippen LogP contribution in [0, 0.1) is 5.92 Å². The van der Waals surface area contributed by atoms with Crippen molar-refractivity contribution in [1.82, 2.24) is 4.90 Å². The van der Waals surface area contributed by atoms with Crippen LogP contribution in [0.3, 0.4) is 0 Å². The summed E-state index contributed by atoms with van der Waals surface area (Å²) in [4.78, 5) is 2.50. The number of rotatable bonds is 7. The predicted octanol–water partition coefficient (Wildman–Crippen LogP) is 1.81. The molecule has 0 aromatic heterocycles. The van der Waals surface area contributed by atoms with Gasteiger partial charge in [-0.1, -0.05) is 6.92 Å². The Morgan fingerprint density at radius 1 is 1.53 bits per heavy atom. The smallest absolute Gasteiger partial charge is 0.0509 e. The number of ether oxygens (including phenoxy) is 1. The molecule has 3 unspecified atom stereocenters. The van der Waals surface area contributed by atoms with E-state index >= 15 is 0 Å². The van der Waals surface area contributed by atoms with Crippen LogP contribution in [0.25, 0.3) is 0 Å². The summed E-state index contributed by atoms with van der Waals surface area (Å²) in [5.41, 5.74) is 5.99. The molecule has 1 heterocycles. The fraction of sp³-hybridized carbons (Fsp3) is 1.00. The minimum Gasteiger partial charge on any atom is -0.381 e. The quantitative estimate of drug-likeness (QED) is 0.758. The van der Waals surface area contributed by atoms with E-state index in [4.69, 9.17) is 10.5 Å². The molecule has 0 aliphatic carbocycles. The van der Waals surface area contributed by atoms with E-state index in [1.54, 1.807) is 0 Å². The Morgan fingerprint density at radius 2 is 2.29 bits per heavy atom. The van der Waals surface area contributed by atoms with E-state index in [0.29, 0.717) is 18.0 Å². The van der Waals surface area contributed by atoms with Crippen molar-refractivity contribution >= 4 is 11.8 Å².